The molecule has 10 heteroatoms. The van der Waals surface area contributed by atoms with Gasteiger partial charge in [0.2, 0.25) is 0 Å². The number of hydrogen-bond acceptors (Lipinski definition) is 8. The minimum absolute atomic E-state index is 0.0255. The van der Waals surface area contributed by atoms with Gasteiger partial charge in [-0.2, -0.15) is 0 Å². The number of anilines is 1. The molecule has 2 aromatic heterocycles. The molecule has 1 aliphatic carbocycles. The molecule has 0 saturated carbocycles. The normalized spacial score (nSPS) is 20.3. The van der Waals surface area contributed by atoms with Crippen molar-refractivity contribution < 1.29 is 9.72 Å². The van der Waals surface area contributed by atoms with E-state index in [9.17, 15) is 19.7 Å². The predicted octanol–water partition coefficient (Wildman–Crippen LogP) is 4.42. The van der Waals surface area contributed by atoms with Gasteiger partial charge in [-0.1, -0.05) is 49.9 Å². The van der Waals surface area contributed by atoms with Crippen molar-refractivity contribution in [3.05, 3.63) is 97.7 Å². The zero-order chi connectivity index (χ0) is 24.7. The third-order valence-corrected chi connectivity index (χ3v) is 7.21. The molecule has 0 radical (unpaired) electrons. The van der Waals surface area contributed by atoms with E-state index < -0.39 is 16.8 Å². The first-order chi connectivity index (χ1) is 16.7. The van der Waals surface area contributed by atoms with Crippen LogP contribution in [-0.4, -0.2) is 25.7 Å². The molecule has 0 spiro atoms. The highest BCUT2D eigenvalue weighted by Gasteiger charge is 2.45. The summed E-state index contributed by atoms with van der Waals surface area (Å²) in [4.78, 5) is 48.8. The van der Waals surface area contributed by atoms with Gasteiger partial charge in [0.05, 0.1) is 16.4 Å². The van der Waals surface area contributed by atoms with Crippen molar-refractivity contribution in [3.63, 3.8) is 0 Å². The molecule has 0 unspecified atom stereocenters. The van der Waals surface area contributed by atoms with Crippen LogP contribution in [0.15, 0.2) is 70.5 Å². The summed E-state index contributed by atoms with van der Waals surface area (Å²) in [6, 6.07) is 9.95. The summed E-state index contributed by atoms with van der Waals surface area (Å²) in [5, 5.41) is 14.6. The fourth-order valence-corrected chi connectivity index (χ4v) is 5.59. The molecule has 0 bridgehead atoms. The lowest BCUT2D eigenvalue weighted by atomic mass is 9.67. The third kappa shape index (κ3) is 4.49. The maximum absolute atomic E-state index is 13.3. The Kier molecular flexibility index (Phi) is 5.76. The van der Waals surface area contributed by atoms with E-state index in [4.69, 9.17) is 4.98 Å². The second kappa shape index (κ2) is 8.77. The Labute approximate surface area is 205 Å². The molecular weight excluding hydrogens is 466 g/mol. The Balaban J connectivity index is 1.52. The number of aromatic amines is 1. The maximum Gasteiger partial charge on any atom is 0.269 e. The van der Waals surface area contributed by atoms with Crippen LogP contribution in [0, 0.1) is 21.4 Å². The molecule has 2 aliphatic rings. The van der Waals surface area contributed by atoms with Crippen LogP contribution in [0.5, 0.6) is 0 Å². The Morgan fingerprint density at radius 3 is 2.63 bits per heavy atom. The van der Waals surface area contributed by atoms with Crippen molar-refractivity contribution in [2.75, 3.05) is 5.32 Å². The summed E-state index contributed by atoms with van der Waals surface area (Å²) in [6.45, 7) is 4.03. The van der Waals surface area contributed by atoms with Gasteiger partial charge in [0.1, 0.15) is 11.6 Å². The average molecular weight is 490 g/mol. The van der Waals surface area contributed by atoms with Crippen LogP contribution in [0.3, 0.4) is 0 Å². The molecule has 3 heterocycles. The number of Topliss-reactive ketones (excluding diaryl/α,β-unsaturated/α-hetero) is 1. The molecule has 5 rings (SSSR count). The van der Waals surface area contributed by atoms with Gasteiger partial charge >= 0.3 is 0 Å². The summed E-state index contributed by atoms with van der Waals surface area (Å²) in [6.07, 6.45) is 5.82. The number of aromatic nitrogens is 3. The number of pyridine rings is 1. The van der Waals surface area contributed by atoms with Crippen LogP contribution >= 0.6 is 11.8 Å². The van der Waals surface area contributed by atoms with Gasteiger partial charge in [-0.05, 0) is 22.6 Å². The number of carbonyl (C=O) groups excluding carboxylic acids is 1. The lowest BCUT2D eigenvalue weighted by Gasteiger charge is -2.40. The molecule has 178 valence electrons. The summed E-state index contributed by atoms with van der Waals surface area (Å²) >= 11 is 1.33. The van der Waals surface area contributed by atoms with Crippen LogP contribution in [0.1, 0.15) is 42.9 Å². The summed E-state index contributed by atoms with van der Waals surface area (Å²) in [7, 11) is 0. The number of nitro benzene ring substituents is 1. The largest absolute Gasteiger partial charge is 0.343 e. The molecule has 0 saturated heterocycles. The summed E-state index contributed by atoms with van der Waals surface area (Å²) < 4.78 is 0. The highest BCUT2D eigenvalue weighted by atomic mass is 32.2. The number of non-ortho nitro benzene ring substituents is 1. The SMILES string of the molecule is CC1(C)C=C2Nc3nc(SCc4ccc([N+](=O)[O-])cc4)[nH]c(=O)c3[C@H](c3cccnc3)[C@H]2C(=O)C1. The van der Waals surface area contributed by atoms with Gasteiger partial charge in [0.25, 0.3) is 11.2 Å². The van der Waals surface area contributed by atoms with Gasteiger partial charge in [-0.3, -0.25) is 24.7 Å². The highest BCUT2D eigenvalue weighted by molar-refractivity contribution is 7.98. The van der Waals surface area contributed by atoms with E-state index in [0.717, 1.165) is 16.8 Å². The molecular formula is C25H23N5O4S. The number of hydrogen-bond donors (Lipinski definition) is 2. The van der Waals surface area contributed by atoms with Crippen molar-refractivity contribution in [2.24, 2.45) is 11.3 Å². The van der Waals surface area contributed by atoms with E-state index in [0.29, 0.717) is 28.7 Å². The second-order valence-corrected chi connectivity index (χ2v) is 10.4. The number of rotatable bonds is 5. The van der Waals surface area contributed by atoms with Crippen molar-refractivity contribution in [1.29, 1.82) is 0 Å². The Hall–Kier alpha value is -3.79. The maximum atomic E-state index is 13.3. The van der Waals surface area contributed by atoms with Crippen molar-refractivity contribution in [1.82, 2.24) is 15.0 Å². The Morgan fingerprint density at radius 2 is 1.94 bits per heavy atom. The summed E-state index contributed by atoms with van der Waals surface area (Å²) in [5.74, 6) is 0.00103. The quantitative estimate of drug-likeness (QED) is 0.233. The minimum atomic E-state index is -0.499. The van der Waals surface area contributed by atoms with Crippen molar-refractivity contribution in [2.45, 2.75) is 37.1 Å². The lowest BCUT2D eigenvalue weighted by Crippen LogP contribution is -2.41. The van der Waals surface area contributed by atoms with E-state index in [2.05, 4.69) is 21.4 Å². The van der Waals surface area contributed by atoms with Gasteiger partial charge in [0, 0.05) is 48.3 Å². The number of ketones is 1. The number of H-pyrrole nitrogens is 1. The monoisotopic (exact) mass is 489 g/mol. The molecule has 0 fully saturated rings. The molecule has 1 aliphatic heterocycles. The topological polar surface area (TPSA) is 131 Å². The van der Waals surface area contributed by atoms with Crippen LogP contribution < -0.4 is 10.9 Å². The third-order valence-electron chi connectivity index (χ3n) is 6.26. The number of thioether (sulfide) groups is 1. The first-order valence-corrected chi connectivity index (χ1v) is 12.1. The molecule has 3 aromatic rings. The molecule has 0 amide bonds. The van der Waals surface area contributed by atoms with E-state index in [-0.39, 0.29) is 22.4 Å². The number of fused-ring (bicyclic) bond motifs is 2. The number of nitrogens with zero attached hydrogens (tertiary/aromatic N) is 3. The fraction of sp³-hybridized carbons (Fsp3) is 0.280. The Bertz CT molecular complexity index is 1400. The lowest BCUT2D eigenvalue weighted by molar-refractivity contribution is -0.384. The zero-order valence-electron chi connectivity index (χ0n) is 19.1. The second-order valence-electron chi connectivity index (χ2n) is 9.44. The fourth-order valence-electron chi connectivity index (χ4n) is 4.78. The summed E-state index contributed by atoms with van der Waals surface area (Å²) in [5.41, 5.74) is 2.26. The molecule has 2 atom stereocenters. The predicted molar refractivity (Wildman–Crippen MR) is 132 cm³/mol. The number of nitro groups is 1. The van der Waals surface area contributed by atoms with Gasteiger partial charge in [0.15, 0.2) is 5.16 Å². The van der Waals surface area contributed by atoms with E-state index in [1.54, 1.807) is 30.6 Å². The standard InChI is InChI=1S/C25H23N5O4S/c1-25(2)10-17-20(18(31)11-25)19(15-4-3-9-26-12-15)21-22(27-17)28-24(29-23(21)32)35-13-14-5-7-16(8-6-14)30(33)34/h3-10,12,19-20H,11,13H2,1-2H3,(H2,27,28,29,32)/t19-,20-/m1/s1. The molecule has 1 aromatic carbocycles. The molecule has 2 N–H and O–H groups in total. The zero-order valence-corrected chi connectivity index (χ0v) is 20.0. The Morgan fingerprint density at radius 1 is 1.17 bits per heavy atom. The van der Waals surface area contributed by atoms with Crippen LogP contribution in [-0.2, 0) is 10.5 Å². The molecule has 9 nitrogen and oxygen atoms in total. The first-order valence-electron chi connectivity index (χ1n) is 11.1. The van der Waals surface area contributed by atoms with Crippen LogP contribution in [0.2, 0.25) is 0 Å². The van der Waals surface area contributed by atoms with E-state index in [1.165, 1.54) is 23.9 Å². The van der Waals surface area contributed by atoms with Gasteiger partial charge < -0.3 is 10.3 Å². The van der Waals surface area contributed by atoms with Crippen molar-refractivity contribution >= 4 is 29.1 Å². The number of nitrogens with one attached hydrogen (secondary N) is 2. The average Bonchev–Trinajstić information content (AvgIpc) is 2.81. The number of allylic oxidation sites excluding steroid dienone is 2. The number of benzene rings is 1. The smallest absolute Gasteiger partial charge is 0.269 e. The van der Waals surface area contributed by atoms with E-state index >= 15 is 0 Å². The minimum Gasteiger partial charge on any atom is -0.343 e. The van der Waals surface area contributed by atoms with Crippen LogP contribution in [0.25, 0.3) is 0 Å². The van der Waals surface area contributed by atoms with Crippen molar-refractivity contribution in [3.8, 4) is 0 Å². The van der Waals surface area contributed by atoms with Gasteiger partial charge in [-0.15, -0.1) is 0 Å². The van der Waals surface area contributed by atoms with E-state index in [1.807, 2.05) is 19.9 Å². The van der Waals surface area contributed by atoms with Crippen LogP contribution in [0.4, 0.5) is 11.5 Å². The highest BCUT2D eigenvalue weighted by Crippen LogP contribution is 2.47. The van der Waals surface area contributed by atoms with Gasteiger partial charge in [-0.25, -0.2) is 4.98 Å². The molecule has 35 heavy (non-hydrogen) atoms. The first kappa shape index (κ1) is 23.0. The number of carbonyl (C=O) groups is 1.